The minimum Gasteiger partial charge on any atom is -0.366 e. The molecule has 2 amide bonds. The minimum absolute atomic E-state index is 0.0107. The first-order valence-corrected chi connectivity index (χ1v) is 6.27. The molecule has 1 unspecified atom stereocenters. The molecule has 6 heteroatoms. The van der Waals surface area contributed by atoms with E-state index in [4.69, 9.17) is 10.00 Å². The number of morpholine rings is 1. The van der Waals surface area contributed by atoms with Gasteiger partial charge in [0.1, 0.15) is 6.10 Å². The number of benzene rings is 1. The van der Waals surface area contributed by atoms with Crippen LogP contribution >= 0.6 is 0 Å². The first-order chi connectivity index (χ1) is 9.60. The number of amides is 2. The Balaban J connectivity index is 1.91. The van der Waals surface area contributed by atoms with Crippen molar-refractivity contribution in [1.29, 1.82) is 5.26 Å². The van der Waals surface area contributed by atoms with Gasteiger partial charge in [-0.2, -0.15) is 5.26 Å². The summed E-state index contributed by atoms with van der Waals surface area (Å²) in [7, 11) is 1.69. The number of nitrogens with one attached hydrogen (secondary N) is 1. The Morgan fingerprint density at radius 3 is 2.85 bits per heavy atom. The van der Waals surface area contributed by atoms with Crippen LogP contribution < -0.4 is 5.32 Å². The minimum atomic E-state index is -0.716. The monoisotopic (exact) mass is 273 g/mol. The van der Waals surface area contributed by atoms with Crippen LogP contribution in [0.5, 0.6) is 0 Å². The fourth-order valence-electron chi connectivity index (χ4n) is 1.91. The number of nitriles is 1. The zero-order valence-electron chi connectivity index (χ0n) is 11.1. The third-order valence-corrected chi connectivity index (χ3v) is 3.07. The molecule has 0 aromatic heterocycles. The third kappa shape index (κ3) is 3.33. The van der Waals surface area contributed by atoms with E-state index in [2.05, 4.69) is 5.32 Å². The van der Waals surface area contributed by atoms with E-state index in [1.165, 1.54) is 0 Å². The molecule has 20 heavy (non-hydrogen) atoms. The largest absolute Gasteiger partial charge is 0.366 e. The SMILES string of the molecule is CN1CCOC(CC(=O)Nc2ccc(C#N)cc2)C1=O. The van der Waals surface area contributed by atoms with E-state index in [0.717, 1.165) is 0 Å². The van der Waals surface area contributed by atoms with Crippen molar-refractivity contribution in [2.45, 2.75) is 12.5 Å². The molecule has 1 fully saturated rings. The highest BCUT2D eigenvalue weighted by Gasteiger charge is 2.29. The van der Waals surface area contributed by atoms with E-state index in [1.807, 2.05) is 6.07 Å². The van der Waals surface area contributed by atoms with Crippen molar-refractivity contribution >= 4 is 17.5 Å². The summed E-state index contributed by atoms with van der Waals surface area (Å²) in [5.74, 6) is -0.463. The van der Waals surface area contributed by atoms with E-state index in [-0.39, 0.29) is 18.2 Å². The van der Waals surface area contributed by atoms with E-state index in [0.29, 0.717) is 24.4 Å². The van der Waals surface area contributed by atoms with Crippen LogP contribution in [-0.2, 0) is 14.3 Å². The second kappa shape index (κ2) is 6.17. The number of rotatable bonds is 3. The Kier molecular flexibility index (Phi) is 4.33. The fourth-order valence-corrected chi connectivity index (χ4v) is 1.91. The van der Waals surface area contributed by atoms with Gasteiger partial charge in [0.2, 0.25) is 5.91 Å². The summed E-state index contributed by atoms with van der Waals surface area (Å²) in [6, 6.07) is 8.52. The molecule has 2 rings (SSSR count). The van der Waals surface area contributed by atoms with Crippen LogP contribution in [0.15, 0.2) is 24.3 Å². The van der Waals surface area contributed by atoms with Crippen LogP contribution in [0.4, 0.5) is 5.69 Å². The zero-order chi connectivity index (χ0) is 14.5. The molecule has 0 spiro atoms. The molecule has 1 aliphatic rings. The molecule has 0 aliphatic carbocycles. The van der Waals surface area contributed by atoms with Crippen LogP contribution in [0, 0.1) is 11.3 Å². The van der Waals surface area contributed by atoms with E-state index >= 15 is 0 Å². The highest BCUT2D eigenvalue weighted by molar-refractivity contribution is 5.95. The maximum atomic E-state index is 11.9. The summed E-state index contributed by atoms with van der Waals surface area (Å²) in [5, 5.41) is 11.4. The molecular weight excluding hydrogens is 258 g/mol. The molecule has 1 aromatic carbocycles. The van der Waals surface area contributed by atoms with E-state index in [9.17, 15) is 9.59 Å². The summed E-state index contributed by atoms with van der Waals surface area (Å²) in [6.45, 7) is 0.990. The number of carbonyl (C=O) groups is 2. The Bertz CT molecular complexity index is 548. The van der Waals surface area contributed by atoms with Crippen molar-refractivity contribution in [3.05, 3.63) is 29.8 Å². The average molecular weight is 273 g/mol. The second-order valence-electron chi connectivity index (χ2n) is 4.56. The van der Waals surface area contributed by atoms with Gasteiger partial charge in [0.15, 0.2) is 0 Å². The number of anilines is 1. The maximum absolute atomic E-state index is 11.9. The Morgan fingerprint density at radius 2 is 2.20 bits per heavy atom. The summed E-state index contributed by atoms with van der Waals surface area (Å²) in [6.07, 6.45) is -0.726. The zero-order valence-corrected chi connectivity index (χ0v) is 11.1. The molecule has 1 atom stereocenters. The molecule has 1 N–H and O–H groups in total. The first kappa shape index (κ1) is 14.0. The van der Waals surface area contributed by atoms with Gasteiger partial charge < -0.3 is 15.0 Å². The molecule has 0 radical (unpaired) electrons. The number of carbonyl (C=O) groups excluding carboxylic acids is 2. The van der Waals surface area contributed by atoms with Crippen molar-refractivity contribution in [1.82, 2.24) is 4.90 Å². The van der Waals surface area contributed by atoms with Crippen LogP contribution in [-0.4, -0.2) is 43.0 Å². The topological polar surface area (TPSA) is 82.4 Å². The van der Waals surface area contributed by atoms with Crippen LogP contribution in [0.1, 0.15) is 12.0 Å². The summed E-state index contributed by atoms with van der Waals surface area (Å²) < 4.78 is 5.31. The third-order valence-electron chi connectivity index (χ3n) is 3.07. The standard InChI is InChI=1S/C14H15N3O3/c1-17-6-7-20-12(14(17)19)8-13(18)16-11-4-2-10(9-15)3-5-11/h2-5,12H,6-8H2,1H3,(H,16,18). The molecule has 6 nitrogen and oxygen atoms in total. The van der Waals surface area contributed by atoms with Gasteiger partial charge >= 0.3 is 0 Å². The highest BCUT2D eigenvalue weighted by Crippen LogP contribution is 2.12. The fraction of sp³-hybridized carbons (Fsp3) is 0.357. The van der Waals surface area contributed by atoms with Crippen molar-refractivity contribution in [2.24, 2.45) is 0 Å². The van der Waals surface area contributed by atoms with Crippen LogP contribution in [0.3, 0.4) is 0 Å². The lowest BCUT2D eigenvalue weighted by molar-refractivity contribution is -0.153. The highest BCUT2D eigenvalue weighted by atomic mass is 16.5. The lowest BCUT2D eigenvalue weighted by Gasteiger charge is -2.29. The first-order valence-electron chi connectivity index (χ1n) is 6.27. The molecule has 0 bridgehead atoms. The summed E-state index contributed by atoms with van der Waals surface area (Å²) in [5.41, 5.74) is 1.11. The van der Waals surface area contributed by atoms with Crippen LogP contribution in [0.2, 0.25) is 0 Å². The molecule has 104 valence electrons. The number of ether oxygens (including phenoxy) is 1. The summed E-state index contributed by atoms with van der Waals surface area (Å²) in [4.78, 5) is 25.2. The lowest BCUT2D eigenvalue weighted by atomic mass is 10.1. The normalized spacial score (nSPS) is 18.5. The maximum Gasteiger partial charge on any atom is 0.252 e. The molecule has 1 heterocycles. The van der Waals surface area contributed by atoms with Gasteiger partial charge in [-0.25, -0.2) is 0 Å². The van der Waals surface area contributed by atoms with Gasteiger partial charge in [-0.3, -0.25) is 9.59 Å². The van der Waals surface area contributed by atoms with E-state index < -0.39 is 6.10 Å². The van der Waals surface area contributed by atoms with Gasteiger partial charge in [0, 0.05) is 19.3 Å². The number of likely N-dealkylation sites (N-methyl/N-ethyl adjacent to an activating group) is 1. The predicted octanol–water partition coefficient (Wildman–Crippen LogP) is 0.744. The van der Waals surface area contributed by atoms with E-state index in [1.54, 1.807) is 36.2 Å². The van der Waals surface area contributed by atoms with Crippen LogP contribution in [0.25, 0.3) is 0 Å². The number of hydrogen-bond acceptors (Lipinski definition) is 4. The van der Waals surface area contributed by atoms with Crippen molar-refractivity contribution in [3.63, 3.8) is 0 Å². The Labute approximate surface area is 116 Å². The van der Waals surface area contributed by atoms with Crippen molar-refractivity contribution in [2.75, 3.05) is 25.5 Å². The molecule has 0 saturated carbocycles. The quantitative estimate of drug-likeness (QED) is 0.880. The molecule has 1 saturated heterocycles. The molecular formula is C14H15N3O3. The molecule has 1 aromatic rings. The molecule has 1 aliphatic heterocycles. The Hall–Kier alpha value is -2.39. The van der Waals surface area contributed by atoms with Gasteiger partial charge in [0.25, 0.3) is 5.91 Å². The smallest absolute Gasteiger partial charge is 0.252 e. The number of hydrogen-bond donors (Lipinski definition) is 1. The van der Waals surface area contributed by atoms with Crippen molar-refractivity contribution < 1.29 is 14.3 Å². The summed E-state index contributed by atoms with van der Waals surface area (Å²) >= 11 is 0. The lowest BCUT2D eigenvalue weighted by Crippen LogP contribution is -2.46. The van der Waals surface area contributed by atoms with Gasteiger partial charge in [-0.1, -0.05) is 0 Å². The second-order valence-corrected chi connectivity index (χ2v) is 4.56. The van der Waals surface area contributed by atoms with Gasteiger partial charge in [-0.05, 0) is 24.3 Å². The Morgan fingerprint density at radius 1 is 1.50 bits per heavy atom. The number of nitrogens with zero attached hydrogens (tertiary/aromatic N) is 2. The van der Waals surface area contributed by atoms with Gasteiger partial charge in [-0.15, -0.1) is 0 Å². The van der Waals surface area contributed by atoms with Crippen molar-refractivity contribution in [3.8, 4) is 6.07 Å². The predicted molar refractivity (Wildman–Crippen MR) is 71.8 cm³/mol. The van der Waals surface area contributed by atoms with Gasteiger partial charge in [0.05, 0.1) is 24.7 Å². The average Bonchev–Trinajstić information content (AvgIpc) is 2.45.